The molecule has 2 heterocycles. The zero-order chi connectivity index (χ0) is 13.4. The molecule has 2 saturated heterocycles. The number of fused-ring (bicyclic) bond motifs is 2. The Hall–Kier alpha value is -0.870. The molecule has 2 fully saturated rings. The number of hydrogen-bond donors (Lipinski definition) is 1. The van der Waals surface area contributed by atoms with Crippen molar-refractivity contribution in [2.45, 2.75) is 63.1 Å². The molecule has 2 aliphatic heterocycles. The lowest BCUT2D eigenvalue weighted by molar-refractivity contribution is -0.130. The Morgan fingerprint density at radius 1 is 1.42 bits per heavy atom. The average molecular weight is 263 g/mol. The van der Waals surface area contributed by atoms with E-state index < -0.39 is 0 Å². The molecule has 2 atom stereocenters. The van der Waals surface area contributed by atoms with Gasteiger partial charge in [-0.2, -0.15) is 0 Å². The second kappa shape index (κ2) is 5.25. The molecule has 3 rings (SSSR count). The molecule has 0 aromatic carbocycles. The molecule has 0 aromatic rings. The van der Waals surface area contributed by atoms with E-state index in [-0.39, 0.29) is 5.91 Å². The van der Waals surface area contributed by atoms with Crippen LogP contribution in [0.5, 0.6) is 0 Å². The maximum absolute atomic E-state index is 12.4. The largest absolute Gasteiger partial charge is 0.328 e. The quantitative estimate of drug-likeness (QED) is 0.839. The normalized spacial score (nSPS) is 34.4. The van der Waals surface area contributed by atoms with Gasteiger partial charge in [-0.3, -0.25) is 9.69 Å². The molecule has 2 N–H and O–H groups in total. The van der Waals surface area contributed by atoms with Gasteiger partial charge in [0.1, 0.15) is 0 Å². The zero-order valence-electron chi connectivity index (χ0n) is 11.8. The molecular formula is C15H25N3O. The lowest BCUT2D eigenvalue weighted by Crippen LogP contribution is -2.50. The van der Waals surface area contributed by atoms with Crippen molar-refractivity contribution in [1.29, 1.82) is 0 Å². The lowest BCUT2D eigenvalue weighted by atomic mass is 9.98. The van der Waals surface area contributed by atoms with Crippen LogP contribution in [0.25, 0.3) is 0 Å². The number of likely N-dealkylation sites (N-methyl/N-ethyl adjacent to an activating group) is 1. The van der Waals surface area contributed by atoms with Crippen LogP contribution >= 0.6 is 0 Å². The third kappa shape index (κ3) is 2.56. The summed E-state index contributed by atoms with van der Waals surface area (Å²) in [5.41, 5.74) is 7.29. The summed E-state index contributed by atoms with van der Waals surface area (Å²) in [6, 6.07) is 1.44. The summed E-state index contributed by atoms with van der Waals surface area (Å²) in [5, 5.41) is 0. The molecule has 19 heavy (non-hydrogen) atoms. The van der Waals surface area contributed by atoms with Gasteiger partial charge in [0.15, 0.2) is 0 Å². The topological polar surface area (TPSA) is 49.6 Å². The van der Waals surface area contributed by atoms with Crippen LogP contribution in [0, 0.1) is 0 Å². The fraction of sp³-hybridized carbons (Fsp3) is 0.800. The molecule has 2 bridgehead atoms. The van der Waals surface area contributed by atoms with Gasteiger partial charge in [-0.25, -0.2) is 0 Å². The van der Waals surface area contributed by atoms with E-state index in [0.717, 1.165) is 25.7 Å². The fourth-order valence-electron chi connectivity index (χ4n) is 3.96. The minimum Gasteiger partial charge on any atom is -0.328 e. The number of hydrogen-bond acceptors (Lipinski definition) is 3. The van der Waals surface area contributed by atoms with E-state index in [1.807, 2.05) is 11.9 Å². The Labute approximate surface area is 115 Å². The molecule has 1 aliphatic carbocycles. The molecule has 0 spiro atoms. The van der Waals surface area contributed by atoms with Crippen molar-refractivity contribution in [3.63, 3.8) is 0 Å². The fourth-order valence-corrected chi connectivity index (χ4v) is 3.96. The van der Waals surface area contributed by atoms with Crippen molar-refractivity contribution in [1.82, 2.24) is 9.80 Å². The van der Waals surface area contributed by atoms with Gasteiger partial charge in [0, 0.05) is 30.9 Å². The van der Waals surface area contributed by atoms with Gasteiger partial charge in [-0.05, 0) is 44.9 Å². The second-order valence-corrected chi connectivity index (χ2v) is 6.33. The van der Waals surface area contributed by atoms with Gasteiger partial charge in [0.2, 0.25) is 5.91 Å². The molecule has 0 saturated carbocycles. The van der Waals surface area contributed by atoms with Gasteiger partial charge in [-0.1, -0.05) is 6.08 Å². The van der Waals surface area contributed by atoms with Crippen LogP contribution < -0.4 is 5.73 Å². The number of amides is 1. The van der Waals surface area contributed by atoms with Crippen LogP contribution in [0.15, 0.2) is 11.8 Å². The summed E-state index contributed by atoms with van der Waals surface area (Å²) >= 11 is 0. The highest BCUT2D eigenvalue weighted by molar-refractivity contribution is 5.80. The molecular weight excluding hydrogens is 238 g/mol. The molecule has 2 unspecified atom stereocenters. The van der Waals surface area contributed by atoms with E-state index in [0.29, 0.717) is 24.7 Å². The van der Waals surface area contributed by atoms with Gasteiger partial charge in [0.05, 0.1) is 6.54 Å². The minimum absolute atomic E-state index is 0.250. The highest BCUT2D eigenvalue weighted by atomic mass is 16.2. The first-order valence-electron chi connectivity index (χ1n) is 7.62. The third-order valence-corrected chi connectivity index (χ3v) is 5.06. The first-order chi connectivity index (χ1) is 9.15. The van der Waals surface area contributed by atoms with Gasteiger partial charge in [0.25, 0.3) is 0 Å². The maximum Gasteiger partial charge on any atom is 0.240 e. The van der Waals surface area contributed by atoms with Crippen molar-refractivity contribution in [3.8, 4) is 0 Å². The van der Waals surface area contributed by atoms with E-state index in [9.17, 15) is 4.79 Å². The SMILES string of the molecule is CN(C(=O)CN1C2CCC1CC(N)C2)C1=CCCC1. The van der Waals surface area contributed by atoms with E-state index in [2.05, 4.69) is 11.0 Å². The third-order valence-electron chi connectivity index (χ3n) is 5.06. The summed E-state index contributed by atoms with van der Waals surface area (Å²) < 4.78 is 0. The van der Waals surface area contributed by atoms with Crippen LogP contribution in [0.1, 0.15) is 44.9 Å². The van der Waals surface area contributed by atoms with Gasteiger partial charge < -0.3 is 10.6 Å². The van der Waals surface area contributed by atoms with Crippen LogP contribution in [0.2, 0.25) is 0 Å². The summed E-state index contributed by atoms with van der Waals surface area (Å²) in [7, 11) is 1.93. The van der Waals surface area contributed by atoms with Crippen molar-refractivity contribution in [3.05, 3.63) is 11.8 Å². The average Bonchev–Trinajstić information content (AvgIpc) is 2.98. The van der Waals surface area contributed by atoms with E-state index >= 15 is 0 Å². The van der Waals surface area contributed by atoms with E-state index in [1.165, 1.54) is 25.0 Å². The van der Waals surface area contributed by atoms with Crippen molar-refractivity contribution < 1.29 is 4.79 Å². The predicted molar refractivity (Wildman–Crippen MR) is 75.4 cm³/mol. The second-order valence-electron chi connectivity index (χ2n) is 6.33. The Bertz CT molecular complexity index is 379. The van der Waals surface area contributed by atoms with Crippen molar-refractivity contribution in [2.24, 2.45) is 5.73 Å². The highest BCUT2D eigenvalue weighted by Crippen LogP contribution is 2.35. The van der Waals surface area contributed by atoms with Crippen LogP contribution in [-0.4, -0.2) is 47.4 Å². The molecule has 1 amide bonds. The molecule has 4 heteroatoms. The maximum atomic E-state index is 12.4. The molecule has 106 valence electrons. The zero-order valence-corrected chi connectivity index (χ0v) is 11.8. The summed E-state index contributed by atoms with van der Waals surface area (Å²) in [6.07, 6.45) is 10.1. The van der Waals surface area contributed by atoms with Crippen molar-refractivity contribution in [2.75, 3.05) is 13.6 Å². The summed E-state index contributed by atoms with van der Waals surface area (Å²) in [6.45, 7) is 0.579. The first kappa shape index (κ1) is 13.1. The monoisotopic (exact) mass is 263 g/mol. The van der Waals surface area contributed by atoms with E-state index in [4.69, 9.17) is 5.73 Å². The molecule has 0 aromatic heterocycles. The number of nitrogens with two attached hydrogens (primary N) is 1. The highest BCUT2D eigenvalue weighted by Gasteiger charge is 2.40. The van der Waals surface area contributed by atoms with Gasteiger partial charge >= 0.3 is 0 Å². The molecule has 3 aliphatic rings. The number of nitrogens with zero attached hydrogens (tertiary/aromatic N) is 2. The number of carbonyl (C=O) groups excluding carboxylic acids is 1. The number of piperidine rings is 1. The predicted octanol–water partition coefficient (Wildman–Crippen LogP) is 1.47. The van der Waals surface area contributed by atoms with E-state index in [1.54, 1.807) is 0 Å². The lowest BCUT2D eigenvalue weighted by Gasteiger charge is -2.38. The number of rotatable bonds is 3. The Balaban J connectivity index is 1.61. The number of allylic oxidation sites excluding steroid dienone is 2. The standard InChI is InChI=1S/C15H25N3O/c1-17(12-4-2-3-5-12)15(19)10-18-13-6-7-14(18)9-11(16)8-13/h4,11,13-14H,2-3,5-10,16H2,1H3. The number of carbonyl (C=O) groups is 1. The van der Waals surface area contributed by atoms with Gasteiger partial charge in [-0.15, -0.1) is 0 Å². The Morgan fingerprint density at radius 3 is 2.68 bits per heavy atom. The van der Waals surface area contributed by atoms with Crippen molar-refractivity contribution >= 4 is 5.91 Å². The van der Waals surface area contributed by atoms with Crippen LogP contribution in [0.3, 0.4) is 0 Å². The van der Waals surface area contributed by atoms with Crippen LogP contribution in [0.4, 0.5) is 0 Å². The minimum atomic E-state index is 0.250. The molecule has 0 radical (unpaired) electrons. The summed E-state index contributed by atoms with van der Waals surface area (Å²) in [4.78, 5) is 16.7. The van der Waals surface area contributed by atoms with Crippen LogP contribution in [-0.2, 0) is 4.79 Å². The Morgan fingerprint density at radius 2 is 2.11 bits per heavy atom. The first-order valence-corrected chi connectivity index (χ1v) is 7.62. The Kier molecular flexibility index (Phi) is 3.63. The molecule has 4 nitrogen and oxygen atoms in total. The summed E-state index contributed by atoms with van der Waals surface area (Å²) in [5.74, 6) is 0.250. The smallest absolute Gasteiger partial charge is 0.240 e.